The number of hydrogen-bond acceptors (Lipinski definition) is 5. The van der Waals surface area contributed by atoms with Gasteiger partial charge in [-0.2, -0.15) is 0 Å². The number of pyridine rings is 1. The van der Waals surface area contributed by atoms with Crippen molar-refractivity contribution in [3.05, 3.63) is 80.6 Å². The van der Waals surface area contributed by atoms with Gasteiger partial charge in [0.25, 0.3) is 5.91 Å². The van der Waals surface area contributed by atoms with Crippen LogP contribution in [0.25, 0.3) is 22.2 Å². The Morgan fingerprint density at radius 1 is 1.06 bits per heavy atom. The Balaban J connectivity index is 1.36. The van der Waals surface area contributed by atoms with E-state index in [9.17, 15) is 9.59 Å². The van der Waals surface area contributed by atoms with Crippen LogP contribution in [0.5, 0.6) is 0 Å². The first-order valence-corrected chi connectivity index (χ1v) is 12.7. The molecule has 3 fully saturated rings. The molecule has 0 unspecified atom stereocenters. The summed E-state index contributed by atoms with van der Waals surface area (Å²) in [6.45, 7) is 1.98. The monoisotopic (exact) mass is 532 g/mol. The third-order valence-corrected chi connectivity index (χ3v) is 8.47. The van der Waals surface area contributed by atoms with Gasteiger partial charge in [0.05, 0.1) is 16.8 Å². The third-order valence-electron chi connectivity index (χ3n) is 7.98. The molecule has 1 amide bonds. The zero-order chi connectivity index (χ0) is 24.2. The lowest BCUT2D eigenvalue weighted by Gasteiger charge is -2.52. The molecule has 178 valence electrons. The smallest absolute Gasteiger partial charge is 0.392 e. The minimum atomic E-state index is -0.509. The fraction of sp³-hybridized carbons (Fsp3) is 0.333. The van der Waals surface area contributed by atoms with Crippen molar-refractivity contribution in [3.63, 3.8) is 0 Å². The van der Waals surface area contributed by atoms with Crippen LogP contribution >= 0.6 is 15.9 Å². The number of nitrogens with zero attached hydrogens (tertiary/aromatic N) is 2. The summed E-state index contributed by atoms with van der Waals surface area (Å²) < 4.78 is 6.24. The second-order valence-corrected chi connectivity index (χ2v) is 10.8. The van der Waals surface area contributed by atoms with Crippen molar-refractivity contribution in [2.45, 2.75) is 56.4 Å². The summed E-state index contributed by atoms with van der Waals surface area (Å²) in [5.41, 5.74) is 3.66. The normalized spacial score (nSPS) is 23.5. The number of nitrogens with one attached hydrogen (secondary N) is 2. The van der Waals surface area contributed by atoms with Gasteiger partial charge in [-0.3, -0.25) is 4.79 Å². The number of benzene rings is 2. The highest BCUT2D eigenvalue weighted by Crippen LogP contribution is 2.53. The molecular formula is C27H25BrN4O3. The summed E-state index contributed by atoms with van der Waals surface area (Å²) in [7, 11) is 0. The Hall–Kier alpha value is -3.26. The van der Waals surface area contributed by atoms with Gasteiger partial charge in [0.1, 0.15) is 0 Å². The Morgan fingerprint density at radius 3 is 2.43 bits per heavy atom. The van der Waals surface area contributed by atoms with Gasteiger partial charge < -0.3 is 9.73 Å². The molecule has 3 aliphatic rings. The summed E-state index contributed by atoms with van der Waals surface area (Å²) >= 11 is 3.56. The van der Waals surface area contributed by atoms with E-state index in [0.29, 0.717) is 11.5 Å². The number of H-pyrrole nitrogens is 1. The first kappa shape index (κ1) is 22.2. The van der Waals surface area contributed by atoms with E-state index < -0.39 is 5.76 Å². The van der Waals surface area contributed by atoms with E-state index in [4.69, 9.17) is 9.40 Å². The van der Waals surface area contributed by atoms with E-state index >= 15 is 0 Å². The molecule has 0 atom stereocenters. The standard InChI is InChI=1S/C27H25BrN4O3/c1-16-21(19-15-18(28)7-8-20(19)29-22(16)17-5-3-2-4-6-17)23(33)30-27-12-9-26(10-13-27,11-14-27)24-31-32-25(34)35-24/h2-8,15H,9-14H2,1H3,(H,30,33)(H,32,34). The predicted molar refractivity (Wildman–Crippen MR) is 136 cm³/mol. The Labute approximate surface area is 210 Å². The summed E-state index contributed by atoms with van der Waals surface area (Å²) in [5.74, 6) is -0.0631. The number of halogens is 1. The Kier molecular flexibility index (Phi) is 5.18. The average molecular weight is 533 g/mol. The van der Waals surface area contributed by atoms with Crippen LogP contribution in [0, 0.1) is 6.92 Å². The van der Waals surface area contributed by atoms with Gasteiger partial charge in [-0.15, -0.1) is 5.10 Å². The van der Waals surface area contributed by atoms with Gasteiger partial charge in [0, 0.05) is 26.4 Å². The average Bonchev–Trinajstić information content (AvgIpc) is 3.32. The van der Waals surface area contributed by atoms with E-state index in [1.54, 1.807) is 0 Å². The first-order valence-electron chi connectivity index (χ1n) is 11.9. The highest BCUT2D eigenvalue weighted by atomic mass is 79.9. The molecule has 0 aliphatic heterocycles. The predicted octanol–water partition coefficient (Wildman–Crippen LogP) is 5.42. The van der Waals surface area contributed by atoms with Crippen LogP contribution in [-0.2, 0) is 5.41 Å². The summed E-state index contributed by atoms with van der Waals surface area (Å²) in [6.07, 6.45) is 4.97. The summed E-state index contributed by atoms with van der Waals surface area (Å²) in [5, 5.41) is 10.8. The highest BCUT2D eigenvalue weighted by molar-refractivity contribution is 9.10. The number of fused-ring (bicyclic) bond motifs is 4. The third kappa shape index (κ3) is 3.71. The van der Waals surface area contributed by atoms with E-state index in [0.717, 1.165) is 70.7 Å². The number of carbonyl (C=O) groups is 1. The van der Waals surface area contributed by atoms with Gasteiger partial charge in [0.15, 0.2) is 0 Å². The van der Waals surface area contributed by atoms with Gasteiger partial charge >= 0.3 is 5.76 Å². The van der Waals surface area contributed by atoms with Crippen molar-refractivity contribution in [1.82, 2.24) is 20.5 Å². The number of rotatable bonds is 4. The zero-order valence-electron chi connectivity index (χ0n) is 19.4. The molecule has 3 aliphatic carbocycles. The quantitative estimate of drug-likeness (QED) is 0.365. The minimum absolute atomic E-state index is 0.0640. The van der Waals surface area contributed by atoms with Crippen LogP contribution in [0.2, 0.25) is 0 Å². The SMILES string of the molecule is Cc1c(-c2ccccc2)nc2ccc(Br)cc2c1C(=O)NC12CCC(c3n[nH]c(=O)o3)(CC1)CC2. The zero-order valence-corrected chi connectivity index (χ0v) is 20.9. The van der Waals surface area contributed by atoms with Crippen LogP contribution in [0.1, 0.15) is 60.3 Å². The molecule has 0 spiro atoms. The van der Waals surface area contributed by atoms with Crippen LogP contribution in [0.3, 0.4) is 0 Å². The molecule has 3 saturated carbocycles. The maximum absolute atomic E-state index is 13.9. The lowest BCUT2D eigenvalue weighted by molar-refractivity contribution is 0.0507. The number of amides is 1. The topological polar surface area (TPSA) is 101 Å². The van der Waals surface area contributed by atoms with Crippen molar-refractivity contribution in [1.29, 1.82) is 0 Å². The fourth-order valence-electron chi connectivity index (χ4n) is 5.95. The number of carbonyl (C=O) groups excluding carboxylic acids is 1. The molecule has 0 radical (unpaired) electrons. The van der Waals surface area contributed by atoms with Gasteiger partial charge in [-0.25, -0.2) is 14.9 Å². The van der Waals surface area contributed by atoms with Gasteiger partial charge in [0.2, 0.25) is 5.89 Å². The van der Waals surface area contributed by atoms with Crippen molar-refractivity contribution in [3.8, 4) is 11.3 Å². The summed E-state index contributed by atoms with van der Waals surface area (Å²) in [6, 6.07) is 15.9. The molecule has 7 rings (SSSR count). The second kappa shape index (κ2) is 8.16. The first-order chi connectivity index (χ1) is 16.9. The molecule has 2 aromatic carbocycles. The van der Waals surface area contributed by atoms with Crippen LogP contribution in [0.15, 0.2) is 62.2 Å². The number of aromatic nitrogens is 3. The molecule has 4 aromatic rings. The molecule has 2 aromatic heterocycles. The molecule has 2 N–H and O–H groups in total. The maximum Gasteiger partial charge on any atom is 0.434 e. The number of hydrogen-bond donors (Lipinski definition) is 2. The largest absolute Gasteiger partial charge is 0.434 e. The van der Waals surface area contributed by atoms with Crippen LogP contribution < -0.4 is 11.1 Å². The van der Waals surface area contributed by atoms with Crippen molar-refractivity contribution in [2.24, 2.45) is 0 Å². The van der Waals surface area contributed by atoms with E-state index in [2.05, 4.69) is 31.4 Å². The van der Waals surface area contributed by atoms with E-state index in [1.165, 1.54) is 0 Å². The Morgan fingerprint density at radius 2 is 1.77 bits per heavy atom. The van der Waals surface area contributed by atoms with Gasteiger partial charge in [-0.05, 0) is 69.2 Å². The fourth-order valence-corrected chi connectivity index (χ4v) is 6.32. The molecule has 7 nitrogen and oxygen atoms in total. The summed E-state index contributed by atoms with van der Waals surface area (Å²) in [4.78, 5) is 30.4. The molecule has 2 bridgehead atoms. The second-order valence-electron chi connectivity index (χ2n) is 9.92. The lowest BCUT2D eigenvalue weighted by atomic mass is 9.57. The maximum atomic E-state index is 13.9. The lowest BCUT2D eigenvalue weighted by Crippen LogP contribution is -2.58. The highest BCUT2D eigenvalue weighted by Gasteiger charge is 2.52. The van der Waals surface area contributed by atoms with Crippen molar-refractivity contribution in [2.75, 3.05) is 0 Å². The molecule has 8 heteroatoms. The van der Waals surface area contributed by atoms with Crippen molar-refractivity contribution >= 4 is 32.7 Å². The molecule has 35 heavy (non-hydrogen) atoms. The van der Waals surface area contributed by atoms with Crippen molar-refractivity contribution < 1.29 is 9.21 Å². The van der Waals surface area contributed by atoms with Gasteiger partial charge in [-0.1, -0.05) is 46.3 Å². The molecular weight excluding hydrogens is 508 g/mol. The molecule has 2 heterocycles. The van der Waals surface area contributed by atoms with E-state index in [-0.39, 0.29) is 16.9 Å². The Bertz CT molecular complexity index is 1480. The van der Waals surface area contributed by atoms with Crippen LogP contribution in [0.4, 0.5) is 0 Å². The van der Waals surface area contributed by atoms with E-state index in [1.807, 2.05) is 55.5 Å². The van der Waals surface area contributed by atoms with Crippen LogP contribution in [-0.4, -0.2) is 26.6 Å². The minimum Gasteiger partial charge on any atom is -0.392 e. The molecule has 0 saturated heterocycles. The number of aromatic amines is 1.